The highest BCUT2D eigenvalue weighted by molar-refractivity contribution is 4.90. The van der Waals surface area contributed by atoms with Crippen LogP contribution in [-0.4, -0.2) is 36.6 Å². The standard InChI is InChI=1S/C12H21N3/c1-10(4-6-13)14-8-11-5-7-15(9-11)12-2-3-12/h10-12,14H,2-5,7-9H2,1H3. The summed E-state index contributed by atoms with van der Waals surface area (Å²) < 4.78 is 0. The maximum Gasteiger partial charge on any atom is 0.0638 e. The SMILES string of the molecule is CC(CC#N)NCC1CCN(C2CC2)C1. The van der Waals surface area contributed by atoms with Gasteiger partial charge in [0.2, 0.25) is 0 Å². The summed E-state index contributed by atoms with van der Waals surface area (Å²) in [6.45, 7) is 5.75. The van der Waals surface area contributed by atoms with Gasteiger partial charge in [-0.05, 0) is 45.2 Å². The van der Waals surface area contributed by atoms with Gasteiger partial charge in [0.1, 0.15) is 0 Å². The fraction of sp³-hybridized carbons (Fsp3) is 0.917. The molecule has 1 N–H and O–H groups in total. The molecule has 0 amide bonds. The molecule has 0 aromatic carbocycles. The molecule has 3 heteroatoms. The zero-order chi connectivity index (χ0) is 10.7. The molecule has 1 aliphatic carbocycles. The van der Waals surface area contributed by atoms with E-state index in [9.17, 15) is 0 Å². The average molecular weight is 207 g/mol. The van der Waals surface area contributed by atoms with Crippen LogP contribution < -0.4 is 5.32 Å². The van der Waals surface area contributed by atoms with E-state index in [4.69, 9.17) is 5.26 Å². The molecule has 1 heterocycles. The van der Waals surface area contributed by atoms with Crippen LogP contribution in [0.25, 0.3) is 0 Å². The van der Waals surface area contributed by atoms with Crippen molar-refractivity contribution >= 4 is 0 Å². The van der Waals surface area contributed by atoms with Crippen LogP contribution in [0.3, 0.4) is 0 Å². The van der Waals surface area contributed by atoms with Gasteiger partial charge in [0.25, 0.3) is 0 Å². The van der Waals surface area contributed by atoms with E-state index < -0.39 is 0 Å². The van der Waals surface area contributed by atoms with Crippen molar-refractivity contribution in [2.24, 2.45) is 5.92 Å². The molecular weight excluding hydrogens is 186 g/mol. The molecular formula is C12H21N3. The lowest BCUT2D eigenvalue weighted by molar-refractivity contribution is 0.310. The smallest absolute Gasteiger partial charge is 0.0638 e. The third-order valence-electron chi connectivity index (χ3n) is 3.53. The van der Waals surface area contributed by atoms with Crippen LogP contribution in [0.2, 0.25) is 0 Å². The molecule has 2 fully saturated rings. The minimum Gasteiger partial charge on any atom is -0.313 e. The van der Waals surface area contributed by atoms with Gasteiger partial charge in [0.15, 0.2) is 0 Å². The van der Waals surface area contributed by atoms with Gasteiger partial charge < -0.3 is 10.2 Å². The average Bonchev–Trinajstić information content (AvgIpc) is 2.96. The van der Waals surface area contributed by atoms with Crippen molar-refractivity contribution in [3.8, 4) is 6.07 Å². The molecule has 2 atom stereocenters. The lowest BCUT2D eigenvalue weighted by Crippen LogP contribution is -2.32. The maximum absolute atomic E-state index is 8.55. The number of hydrogen-bond acceptors (Lipinski definition) is 3. The Morgan fingerprint density at radius 1 is 1.47 bits per heavy atom. The van der Waals surface area contributed by atoms with Gasteiger partial charge in [-0.15, -0.1) is 0 Å². The minimum atomic E-state index is 0.352. The molecule has 3 nitrogen and oxygen atoms in total. The first-order valence-corrected chi connectivity index (χ1v) is 6.14. The Morgan fingerprint density at radius 3 is 2.93 bits per heavy atom. The minimum absolute atomic E-state index is 0.352. The maximum atomic E-state index is 8.55. The predicted octanol–water partition coefficient (Wildman–Crippen LogP) is 1.36. The third-order valence-corrected chi connectivity index (χ3v) is 3.53. The van der Waals surface area contributed by atoms with Crippen LogP contribution in [-0.2, 0) is 0 Å². The van der Waals surface area contributed by atoms with Crippen molar-refractivity contribution in [2.45, 2.75) is 44.7 Å². The second-order valence-electron chi connectivity index (χ2n) is 5.05. The summed E-state index contributed by atoms with van der Waals surface area (Å²) in [5.41, 5.74) is 0. The van der Waals surface area contributed by atoms with Gasteiger partial charge in [-0.25, -0.2) is 0 Å². The van der Waals surface area contributed by atoms with Crippen LogP contribution in [0.4, 0.5) is 0 Å². The van der Waals surface area contributed by atoms with E-state index in [0.717, 1.165) is 18.5 Å². The van der Waals surface area contributed by atoms with E-state index in [0.29, 0.717) is 12.5 Å². The highest BCUT2D eigenvalue weighted by Crippen LogP contribution is 2.31. The van der Waals surface area contributed by atoms with Gasteiger partial charge in [-0.3, -0.25) is 0 Å². The molecule has 2 rings (SSSR count). The number of hydrogen-bond donors (Lipinski definition) is 1. The molecule has 0 spiro atoms. The van der Waals surface area contributed by atoms with Crippen LogP contribution in [0, 0.1) is 17.2 Å². The van der Waals surface area contributed by atoms with Gasteiger partial charge in [0, 0.05) is 18.6 Å². The lowest BCUT2D eigenvalue weighted by atomic mass is 10.1. The normalized spacial score (nSPS) is 28.9. The largest absolute Gasteiger partial charge is 0.313 e. The quantitative estimate of drug-likeness (QED) is 0.740. The summed E-state index contributed by atoms with van der Waals surface area (Å²) in [7, 11) is 0. The van der Waals surface area contributed by atoms with Crippen molar-refractivity contribution in [1.82, 2.24) is 10.2 Å². The Balaban J connectivity index is 1.62. The van der Waals surface area contributed by atoms with E-state index in [1.165, 1.54) is 32.4 Å². The Kier molecular flexibility index (Phi) is 3.61. The van der Waals surface area contributed by atoms with Crippen molar-refractivity contribution in [3.63, 3.8) is 0 Å². The van der Waals surface area contributed by atoms with E-state index in [1.54, 1.807) is 0 Å². The molecule has 2 unspecified atom stereocenters. The van der Waals surface area contributed by atoms with Crippen molar-refractivity contribution < 1.29 is 0 Å². The number of rotatable bonds is 5. The second kappa shape index (κ2) is 4.96. The van der Waals surface area contributed by atoms with Crippen molar-refractivity contribution in [2.75, 3.05) is 19.6 Å². The monoisotopic (exact) mass is 207 g/mol. The number of likely N-dealkylation sites (tertiary alicyclic amines) is 1. The van der Waals surface area contributed by atoms with Gasteiger partial charge in [-0.2, -0.15) is 5.26 Å². The van der Waals surface area contributed by atoms with E-state index in [1.807, 2.05) is 0 Å². The topological polar surface area (TPSA) is 39.1 Å². The van der Waals surface area contributed by atoms with E-state index >= 15 is 0 Å². The van der Waals surface area contributed by atoms with Crippen LogP contribution in [0.5, 0.6) is 0 Å². The number of nitrogens with one attached hydrogen (secondary N) is 1. The van der Waals surface area contributed by atoms with Gasteiger partial charge >= 0.3 is 0 Å². The summed E-state index contributed by atoms with van der Waals surface area (Å²) in [6, 6.07) is 3.48. The first-order chi connectivity index (χ1) is 7.29. The van der Waals surface area contributed by atoms with E-state index in [2.05, 4.69) is 23.2 Å². The molecule has 0 radical (unpaired) electrons. The summed E-state index contributed by atoms with van der Waals surface area (Å²) in [4.78, 5) is 2.64. The second-order valence-corrected chi connectivity index (χ2v) is 5.05. The molecule has 84 valence electrons. The zero-order valence-corrected chi connectivity index (χ0v) is 9.58. The Labute approximate surface area is 92.4 Å². The molecule has 2 aliphatic rings. The Bertz CT molecular complexity index is 242. The first-order valence-electron chi connectivity index (χ1n) is 6.14. The van der Waals surface area contributed by atoms with Crippen LogP contribution in [0.15, 0.2) is 0 Å². The third kappa shape index (κ3) is 3.19. The molecule has 0 aromatic heterocycles. The summed E-state index contributed by atoms with van der Waals surface area (Å²) in [6.07, 6.45) is 4.80. The molecule has 0 bridgehead atoms. The van der Waals surface area contributed by atoms with Gasteiger partial charge in [-0.1, -0.05) is 0 Å². The first kappa shape index (κ1) is 10.9. The Hall–Kier alpha value is -0.590. The van der Waals surface area contributed by atoms with Crippen molar-refractivity contribution in [1.29, 1.82) is 5.26 Å². The highest BCUT2D eigenvalue weighted by Gasteiger charge is 2.34. The lowest BCUT2D eigenvalue weighted by Gasteiger charge is -2.16. The van der Waals surface area contributed by atoms with Gasteiger partial charge in [0.05, 0.1) is 12.5 Å². The molecule has 1 aliphatic heterocycles. The highest BCUT2D eigenvalue weighted by atomic mass is 15.2. The fourth-order valence-electron chi connectivity index (χ4n) is 2.38. The molecule has 0 aromatic rings. The summed E-state index contributed by atoms with van der Waals surface area (Å²) in [5.74, 6) is 0.812. The molecule has 1 saturated carbocycles. The van der Waals surface area contributed by atoms with Crippen LogP contribution >= 0.6 is 0 Å². The van der Waals surface area contributed by atoms with Crippen molar-refractivity contribution in [3.05, 3.63) is 0 Å². The Morgan fingerprint density at radius 2 is 2.27 bits per heavy atom. The molecule has 1 saturated heterocycles. The summed E-state index contributed by atoms with van der Waals surface area (Å²) >= 11 is 0. The van der Waals surface area contributed by atoms with E-state index in [-0.39, 0.29) is 0 Å². The summed E-state index contributed by atoms with van der Waals surface area (Å²) in [5, 5.41) is 12.0. The zero-order valence-electron chi connectivity index (χ0n) is 9.58. The number of nitrogens with zero attached hydrogens (tertiary/aromatic N) is 2. The van der Waals surface area contributed by atoms with Crippen LogP contribution in [0.1, 0.15) is 32.6 Å². The molecule has 15 heavy (non-hydrogen) atoms. The predicted molar refractivity (Wildman–Crippen MR) is 60.4 cm³/mol. The number of nitriles is 1. The fourth-order valence-corrected chi connectivity index (χ4v) is 2.38.